The summed E-state index contributed by atoms with van der Waals surface area (Å²) in [6, 6.07) is 13.8. The number of hydrogen-bond acceptors (Lipinski definition) is 5. The highest BCUT2D eigenvalue weighted by atomic mass is 19.1. The molecule has 0 spiro atoms. The summed E-state index contributed by atoms with van der Waals surface area (Å²) in [5.74, 6) is 0.00842. The fourth-order valence-corrected chi connectivity index (χ4v) is 6.52. The molecule has 0 unspecified atom stereocenters. The zero-order valence-corrected chi connectivity index (χ0v) is 24.2. The number of rotatable bonds is 6. The Morgan fingerprint density at radius 3 is 2.54 bits per heavy atom. The highest BCUT2D eigenvalue weighted by Gasteiger charge is 2.26. The van der Waals surface area contributed by atoms with Crippen LogP contribution < -0.4 is 5.73 Å². The van der Waals surface area contributed by atoms with Gasteiger partial charge in [0.05, 0.1) is 23.0 Å². The van der Waals surface area contributed by atoms with Crippen molar-refractivity contribution in [2.24, 2.45) is 11.7 Å². The van der Waals surface area contributed by atoms with Crippen molar-refractivity contribution in [3.63, 3.8) is 0 Å². The van der Waals surface area contributed by atoms with Crippen molar-refractivity contribution in [2.75, 3.05) is 26.3 Å². The predicted molar refractivity (Wildman–Crippen MR) is 161 cm³/mol. The van der Waals surface area contributed by atoms with Crippen LogP contribution in [0.2, 0.25) is 0 Å². The van der Waals surface area contributed by atoms with Crippen molar-refractivity contribution >= 4 is 10.9 Å². The van der Waals surface area contributed by atoms with Gasteiger partial charge in [-0.3, -0.25) is 9.88 Å². The molecule has 2 fully saturated rings. The fourth-order valence-electron chi connectivity index (χ4n) is 6.52. The molecule has 2 aliphatic heterocycles. The summed E-state index contributed by atoms with van der Waals surface area (Å²) in [7, 11) is 0. The second kappa shape index (κ2) is 11.4. The number of halogens is 1. The molecular weight excluding hydrogens is 513 g/mol. The van der Waals surface area contributed by atoms with Crippen molar-refractivity contribution in [1.82, 2.24) is 14.5 Å². The lowest BCUT2D eigenvalue weighted by Crippen LogP contribution is -2.28. The van der Waals surface area contributed by atoms with E-state index in [4.69, 9.17) is 15.5 Å². The maximum Gasteiger partial charge on any atom is 0.141 e. The number of likely N-dealkylation sites (tertiary alicyclic amines) is 1. The summed E-state index contributed by atoms with van der Waals surface area (Å²) in [6.45, 7) is 11.5. The van der Waals surface area contributed by atoms with E-state index < -0.39 is 5.82 Å². The van der Waals surface area contributed by atoms with Gasteiger partial charge in [0, 0.05) is 67.6 Å². The predicted octanol–water partition coefficient (Wildman–Crippen LogP) is 6.27. The molecule has 6 nitrogen and oxygen atoms in total. The van der Waals surface area contributed by atoms with Crippen LogP contribution in [0.1, 0.15) is 47.2 Å². The molecule has 2 aromatic carbocycles. The summed E-state index contributed by atoms with van der Waals surface area (Å²) in [6.07, 6.45) is 5.08. The lowest BCUT2D eigenvalue weighted by Gasteiger charge is -2.25. The summed E-state index contributed by atoms with van der Waals surface area (Å²) >= 11 is 0. The van der Waals surface area contributed by atoms with Gasteiger partial charge >= 0.3 is 0 Å². The van der Waals surface area contributed by atoms with E-state index in [1.165, 1.54) is 22.9 Å². The first-order chi connectivity index (χ1) is 19.8. The van der Waals surface area contributed by atoms with E-state index in [1.54, 1.807) is 6.07 Å². The number of hydrogen-bond donors (Lipinski definition) is 1. The van der Waals surface area contributed by atoms with Crippen LogP contribution in [-0.4, -0.2) is 46.8 Å². The average Bonchev–Trinajstić information content (AvgIpc) is 3.53. The minimum Gasteiger partial charge on any atom is -0.381 e. The smallest absolute Gasteiger partial charge is 0.141 e. The lowest BCUT2D eigenvalue weighted by molar-refractivity contribution is 0.0612. The number of ether oxygens (including phenoxy) is 1. The zero-order chi connectivity index (χ0) is 28.7. The van der Waals surface area contributed by atoms with Gasteiger partial charge in [-0.2, -0.15) is 5.26 Å². The van der Waals surface area contributed by atoms with Gasteiger partial charge in [0.15, 0.2) is 0 Å². The largest absolute Gasteiger partial charge is 0.381 e. The zero-order valence-electron chi connectivity index (χ0n) is 24.2. The Hall–Kier alpha value is -3.57. The molecule has 0 saturated carbocycles. The summed E-state index contributed by atoms with van der Waals surface area (Å²) < 4.78 is 23.2. The van der Waals surface area contributed by atoms with E-state index in [2.05, 4.69) is 48.4 Å². The maximum atomic E-state index is 15.1. The third-order valence-corrected chi connectivity index (χ3v) is 9.00. The van der Waals surface area contributed by atoms with E-state index in [0.717, 1.165) is 97.5 Å². The van der Waals surface area contributed by atoms with E-state index in [0.29, 0.717) is 5.92 Å². The summed E-state index contributed by atoms with van der Waals surface area (Å²) in [5.41, 5.74) is 15.6. The number of nitriles is 1. The van der Waals surface area contributed by atoms with Crippen molar-refractivity contribution in [2.45, 2.75) is 59.2 Å². The van der Waals surface area contributed by atoms with Crippen LogP contribution in [0.15, 0.2) is 42.6 Å². The molecule has 2 aliphatic rings. The monoisotopic (exact) mass is 551 g/mol. The van der Waals surface area contributed by atoms with Crippen LogP contribution in [-0.2, 0) is 17.8 Å². The first-order valence-corrected chi connectivity index (χ1v) is 14.7. The topological polar surface area (TPSA) is 80.1 Å². The van der Waals surface area contributed by atoms with Gasteiger partial charge in [-0.1, -0.05) is 12.1 Å². The van der Waals surface area contributed by atoms with Gasteiger partial charge in [0.1, 0.15) is 11.9 Å². The van der Waals surface area contributed by atoms with Gasteiger partial charge in [0.25, 0.3) is 0 Å². The Labute approximate surface area is 241 Å². The van der Waals surface area contributed by atoms with Crippen LogP contribution in [0, 0.1) is 43.8 Å². The fraction of sp³-hybridized carbons (Fsp3) is 0.412. The second-order valence-corrected chi connectivity index (χ2v) is 11.9. The Morgan fingerprint density at radius 1 is 1.05 bits per heavy atom. The molecule has 4 aromatic rings. The SMILES string of the molecule is Cc1cc(C)c(-c2ncc3c(cc(CN4CC[C@H](N)C4)n3CC3CCOCC3)c2-c2ccc(C#N)c(F)c2)cc1C. The van der Waals surface area contributed by atoms with Crippen molar-refractivity contribution in [1.29, 1.82) is 5.26 Å². The van der Waals surface area contributed by atoms with Gasteiger partial charge in [0.2, 0.25) is 0 Å². The normalized spacial score (nSPS) is 18.3. The first kappa shape index (κ1) is 27.6. The molecule has 0 aliphatic carbocycles. The highest BCUT2D eigenvalue weighted by molar-refractivity contribution is 6.02. The van der Waals surface area contributed by atoms with E-state index >= 15 is 4.39 Å². The van der Waals surface area contributed by atoms with Crippen molar-refractivity contribution in [3.05, 3.63) is 76.4 Å². The molecule has 0 bridgehead atoms. The molecule has 2 N–H and O–H groups in total. The Balaban J connectivity index is 1.58. The minimum atomic E-state index is -0.516. The highest BCUT2D eigenvalue weighted by Crippen LogP contribution is 2.41. The number of aryl methyl sites for hydroxylation is 3. The standard InChI is InChI=1S/C34H38FN5O/c1-21-12-23(3)29(13-22(21)2)34-33(25-4-5-26(16-36)31(35)14-25)30-15-28(20-39-9-6-27(37)19-39)40(32(30)17-38-34)18-24-7-10-41-11-8-24/h4-5,12-15,17,24,27H,6-11,18-20,37H2,1-3H3/t27-/m0/s1. The molecule has 1 atom stereocenters. The Morgan fingerprint density at radius 2 is 1.83 bits per heavy atom. The third kappa shape index (κ3) is 5.40. The number of nitrogens with zero attached hydrogens (tertiary/aromatic N) is 4. The van der Waals surface area contributed by atoms with Crippen LogP contribution >= 0.6 is 0 Å². The molecule has 0 amide bonds. The molecular formula is C34H38FN5O. The summed E-state index contributed by atoms with van der Waals surface area (Å²) in [5, 5.41) is 10.5. The van der Waals surface area contributed by atoms with Gasteiger partial charge in [-0.25, -0.2) is 4.39 Å². The van der Waals surface area contributed by atoms with Gasteiger partial charge in [-0.05, 0) is 92.5 Å². The van der Waals surface area contributed by atoms with Crippen LogP contribution in [0.25, 0.3) is 33.3 Å². The quantitative estimate of drug-likeness (QED) is 0.306. The van der Waals surface area contributed by atoms with E-state index in [1.807, 2.05) is 18.3 Å². The molecule has 6 rings (SSSR count). The molecule has 7 heteroatoms. The summed E-state index contributed by atoms with van der Waals surface area (Å²) in [4.78, 5) is 7.53. The molecule has 0 radical (unpaired) electrons. The van der Waals surface area contributed by atoms with Crippen molar-refractivity contribution < 1.29 is 9.13 Å². The Bertz CT molecular complexity index is 1650. The van der Waals surface area contributed by atoms with Crippen molar-refractivity contribution in [3.8, 4) is 28.5 Å². The molecule has 4 heterocycles. The second-order valence-electron chi connectivity index (χ2n) is 11.9. The van der Waals surface area contributed by atoms with Crippen LogP contribution in [0.4, 0.5) is 4.39 Å². The van der Waals surface area contributed by atoms with Crippen LogP contribution in [0.3, 0.4) is 0 Å². The number of aromatic nitrogens is 2. The molecule has 2 aromatic heterocycles. The first-order valence-electron chi connectivity index (χ1n) is 14.7. The Kier molecular flexibility index (Phi) is 7.65. The molecule has 41 heavy (non-hydrogen) atoms. The van der Waals surface area contributed by atoms with Crippen LogP contribution in [0.5, 0.6) is 0 Å². The van der Waals surface area contributed by atoms with E-state index in [-0.39, 0.29) is 11.6 Å². The lowest BCUT2D eigenvalue weighted by atomic mass is 9.91. The number of nitrogens with two attached hydrogens (primary N) is 1. The molecule has 212 valence electrons. The number of fused-ring (bicyclic) bond motifs is 1. The third-order valence-electron chi connectivity index (χ3n) is 9.00. The van der Waals surface area contributed by atoms with E-state index in [9.17, 15) is 5.26 Å². The number of pyridine rings is 1. The number of benzene rings is 2. The minimum absolute atomic E-state index is 0.0425. The van der Waals surface area contributed by atoms with Gasteiger partial charge in [-0.15, -0.1) is 0 Å². The molecule has 2 saturated heterocycles. The maximum absolute atomic E-state index is 15.1. The average molecular weight is 552 g/mol. The van der Waals surface area contributed by atoms with Gasteiger partial charge < -0.3 is 15.0 Å².